The van der Waals surface area contributed by atoms with Crippen molar-refractivity contribution in [2.75, 3.05) is 13.2 Å². The van der Waals surface area contributed by atoms with Crippen molar-refractivity contribution in [1.82, 2.24) is 4.90 Å². The Kier molecular flexibility index (Phi) is 2.94. The van der Waals surface area contributed by atoms with Gasteiger partial charge in [-0.15, -0.1) is 0 Å². The zero-order chi connectivity index (χ0) is 10.9. The quantitative estimate of drug-likeness (QED) is 0.677. The van der Waals surface area contributed by atoms with Crippen molar-refractivity contribution in [3.05, 3.63) is 0 Å². The summed E-state index contributed by atoms with van der Waals surface area (Å²) in [6.07, 6.45) is -1.78. The number of aliphatic hydroxyl groups excluding tert-OH is 1. The molecule has 2 N–H and O–H groups in total. The highest BCUT2D eigenvalue weighted by Crippen LogP contribution is 2.33. The van der Waals surface area contributed by atoms with E-state index in [1.807, 2.05) is 0 Å². The Morgan fingerprint density at radius 2 is 2.21 bits per heavy atom. The van der Waals surface area contributed by atoms with Crippen molar-refractivity contribution in [1.29, 1.82) is 0 Å². The van der Waals surface area contributed by atoms with Crippen molar-refractivity contribution >= 4 is 6.09 Å². The van der Waals surface area contributed by atoms with Crippen molar-refractivity contribution in [3.8, 4) is 0 Å². The fourth-order valence-corrected chi connectivity index (χ4v) is 1.83. The molecule has 4 nitrogen and oxygen atoms in total. The lowest BCUT2D eigenvalue weighted by Crippen LogP contribution is -2.56. The fraction of sp³-hybridized carbons (Fsp3) is 0.875. The molecule has 1 amide bonds. The summed E-state index contributed by atoms with van der Waals surface area (Å²) in [4.78, 5) is 11.3. The first kappa shape index (κ1) is 11.2. The standard InChI is InChI=1S/C8H13F2NO3/c1-5-2-8(9,10)4-11(7(13)14)6(5)3-12/h5-6,12H,2-4H2,1H3,(H,13,14)/t5-,6-/m1/s1. The third kappa shape index (κ3) is 2.12. The molecule has 0 aromatic carbocycles. The zero-order valence-corrected chi connectivity index (χ0v) is 7.78. The van der Waals surface area contributed by atoms with E-state index < -0.39 is 37.1 Å². The Hall–Kier alpha value is -0.910. The van der Waals surface area contributed by atoms with E-state index in [4.69, 9.17) is 10.2 Å². The number of piperidine rings is 1. The van der Waals surface area contributed by atoms with Crippen LogP contribution in [0.3, 0.4) is 0 Å². The van der Waals surface area contributed by atoms with Gasteiger partial charge in [-0.1, -0.05) is 6.92 Å². The third-order valence-electron chi connectivity index (χ3n) is 2.51. The van der Waals surface area contributed by atoms with Gasteiger partial charge in [0, 0.05) is 6.42 Å². The average Bonchev–Trinajstić information content (AvgIpc) is 2.01. The normalized spacial score (nSPS) is 31.6. The lowest BCUT2D eigenvalue weighted by molar-refractivity contribution is -0.102. The van der Waals surface area contributed by atoms with Crippen molar-refractivity contribution < 1.29 is 23.8 Å². The molecule has 2 atom stereocenters. The minimum atomic E-state index is -2.98. The number of alkyl halides is 2. The molecule has 1 aliphatic rings. The van der Waals surface area contributed by atoms with E-state index in [1.165, 1.54) is 6.92 Å². The summed E-state index contributed by atoms with van der Waals surface area (Å²) in [5.41, 5.74) is 0. The second kappa shape index (κ2) is 3.68. The molecule has 0 aromatic heterocycles. The van der Waals surface area contributed by atoms with Crippen LogP contribution in [0, 0.1) is 5.92 Å². The summed E-state index contributed by atoms with van der Waals surface area (Å²) in [7, 11) is 0. The van der Waals surface area contributed by atoms with Gasteiger partial charge in [0.25, 0.3) is 5.92 Å². The van der Waals surface area contributed by atoms with E-state index >= 15 is 0 Å². The van der Waals surface area contributed by atoms with Gasteiger partial charge in [0.05, 0.1) is 19.2 Å². The van der Waals surface area contributed by atoms with Crippen molar-refractivity contribution in [2.45, 2.75) is 25.3 Å². The summed E-state index contributed by atoms with van der Waals surface area (Å²) in [6.45, 7) is 0.283. The van der Waals surface area contributed by atoms with Crippen LogP contribution in [0.25, 0.3) is 0 Å². The smallest absolute Gasteiger partial charge is 0.407 e. The van der Waals surface area contributed by atoms with Crippen LogP contribution < -0.4 is 0 Å². The predicted octanol–water partition coefficient (Wildman–Crippen LogP) is 1.00. The van der Waals surface area contributed by atoms with E-state index in [-0.39, 0.29) is 6.42 Å². The molecule has 0 radical (unpaired) electrons. The molecule has 1 saturated heterocycles. The first-order valence-electron chi connectivity index (χ1n) is 4.35. The first-order valence-corrected chi connectivity index (χ1v) is 4.35. The highest BCUT2D eigenvalue weighted by atomic mass is 19.3. The van der Waals surface area contributed by atoms with Crippen molar-refractivity contribution in [3.63, 3.8) is 0 Å². The molecule has 0 spiro atoms. The van der Waals surface area contributed by atoms with Crippen LogP contribution in [-0.2, 0) is 0 Å². The molecule has 0 aliphatic carbocycles. The number of nitrogens with zero attached hydrogens (tertiary/aromatic N) is 1. The molecule has 14 heavy (non-hydrogen) atoms. The van der Waals surface area contributed by atoms with E-state index in [2.05, 4.69) is 0 Å². The van der Waals surface area contributed by atoms with Gasteiger partial charge in [0.1, 0.15) is 0 Å². The van der Waals surface area contributed by atoms with Gasteiger partial charge in [0.2, 0.25) is 0 Å². The van der Waals surface area contributed by atoms with E-state index in [9.17, 15) is 13.6 Å². The van der Waals surface area contributed by atoms with Gasteiger partial charge < -0.3 is 10.2 Å². The van der Waals surface area contributed by atoms with Gasteiger partial charge >= 0.3 is 6.09 Å². The fourth-order valence-electron chi connectivity index (χ4n) is 1.83. The van der Waals surface area contributed by atoms with Crippen LogP contribution in [0.15, 0.2) is 0 Å². The molecular formula is C8H13F2NO3. The van der Waals surface area contributed by atoms with Crippen LogP contribution in [0.5, 0.6) is 0 Å². The third-order valence-corrected chi connectivity index (χ3v) is 2.51. The number of hydrogen-bond donors (Lipinski definition) is 2. The number of carboxylic acid groups (broad SMARTS) is 1. The van der Waals surface area contributed by atoms with Gasteiger partial charge in [0.15, 0.2) is 0 Å². The van der Waals surface area contributed by atoms with Gasteiger partial charge in [-0.2, -0.15) is 0 Å². The van der Waals surface area contributed by atoms with Crippen LogP contribution >= 0.6 is 0 Å². The predicted molar refractivity (Wildman–Crippen MR) is 44.3 cm³/mol. The average molecular weight is 209 g/mol. The highest BCUT2D eigenvalue weighted by molar-refractivity contribution is 5.65. The molecule has 6 heteroatoms. The van der Waals surface area contributed by atoms with Gasteiger partial charge in [-0.3, -0.25) is 4.90 Å². The lowest BCUT2D eigenvalue weighted by atomic mass is 9.89. The van der Waals surface area contributed by atoms with Gasteiger partial charge in [-0.05, 0) is 5.92 Å². The number of hydrogen-bond acceptors (Lipinski definition) is 2. The molecule has 0 saturated carbocycles. The summed E-state index contributed by atoms with van der Waals surface area (Å²) in [5.74, 6) is -3.51. The molecule has 1 fully saturated rings. The van der Waals surface area contributed by atoms with E-state index in [0.717, 1.165) is 0 Å². The monoisotopic (exact) mass is 209 g/mol. The summed E-state index contributed by atoms with van der Waals surface area (Å²) < 4.78 is 26.0. The van der Waals surface area contributed by atoms with Crippen LogP contribution in [0.4, 0.5) is 13.6 Å². The van der Waals surface area contributed by atoms with E-state index in [1.54, 1.807) is 0 Å². The summed E-state index contributed by atoms with van der Waals surface area (Å²) >= 11 is 0. The molecule has 1 heterocycles. The molecule has 0 bridgehead atoms. The lowest BCUT2D eigenvalue weighted by Gasteiger charge is -2.40. The molecule has 0 aromatic rings. The van der Waals surface area contributed by atoms with Crippen molar-refractivity contribution in [2.24, 2.45) is 5.92 Å². The largest absolute Gasteiger partial charge is 0.465 e. The number of amides is 1. The summed E-state index contributed by atoms with van der Waals surface area (Å²) in [5, 5.41) is 17.6. The second-order valence-corrected chi connectivity index (χ2v) is 3.70. The van der Waals surface area contributed by atoms with Crippen LogP contribution in [0.1, 0.15) is 13.3 Å². The summed E-state index contributed by atoms with van der Waals surface area (Å²) in [6, 6.07) is -0.716. The Balaban J connectivity index is 2.83. The molecule has 82 valence electrons. The Labute approximate surface area is 80.1 Å². The molecule has 1 rings (SSSR count). The first-order chi connectivity index (χ1) is 6.37. The number of aliphatic hydroxyl groups is 1. The maximum Gasteiger partial charge on any atom is 0.407 e. The molecule has 0 unspecified atom stereocenters. The Morgan fingerprint density at radius 1 is 1.64 bits per heavy atom. The Bertz CT molecular complexity index is 235. The topological polar surface area (TPSA) is 60.8 Å². The highest BCUT2D eigenvalue weighted by Gasteiger charge is 2.45. The minimum Gasteiger partial charge on any atom is -0.465 e. The molecular weight excluding hydrogens is 196 g/mol. The Morgan fingerprint density at radius 3 is 2.64 bits per heavy atom. The number of rotatable bonds is 1. The van der Waals surface area contributed by atoms with Crippen LogP contribution in [-0.4, -0.2) is 46.3 Å². The second-order valence-electron chi connectivity index (χ2n) is 3.70. The SMILES string of the molecule is C[C@@H]1CC(F)(F)CN(C(=O)O)[C@@H]1CO. The molecule has 1 aliphatic heterocycles. The maximum absolute atomic E-state index is 13.0. The number of carbonyl (C=O) groups is 1. The minimum absolute atomic E-state index is 0.373. The zero-order valence-electron chi connectivity index (χ0n) is 7.78. The number of halogens is 2. The van der Waals surface area contributed by atoms with Crippen LogP contribution in [0.2, 0.25) is 0 Å². The van der Waals surface area contributed by atoms with E-state index in [0.29, 0.717) is 4.90 Å². The van der Waals surface area contributed by atoms with Gasteiger partial charge in [-0.25, -0.2) is 13.6 Å². The maximum atomic E-state index is 13.0. The number of likely N-dealkylation sites (tertiary alicyclic amines) is 1.